The number of hydrogen-bond donors (Lipinski definition) is 2. The first kappa shape index (κ1) is 28.3. The van der Waals surface area contributed by atoms with Crippen molar-refractivity contribution in [3.63, 3.8) is 0 Å². The molecular weight excluding hydrogens is 563 g/mol. The number of anilines is 2. The molecule has 220 valence electrons. The first-order chi connectivity index (χ1) is 20.2. The fourth-order valence-corrected chi connectivity index (χ4v) is 7.32. The smallest absolute Gasteiger partial charge is 0.221 e. The van der Waals surface area contributed by atoms with Crippen LogP contribution in [0.15, 0.2) is 60.9 Å². The topological polar surface area (TPSA) is 93.6 Å². The summed E-state index contributed by atoms with van der Waals surface area (Å²) < 4.78 is 11.1. The van der Waals surface area contributed by atoms with Crippen LogP contribution in [0.25, 0.3) is 31.4 Å². The normalized spacial score (nSPS) is 13.7. The molecule has 0 radical (unpaired) electrons. The summed E-state index contributed by atoms with van der Waals surface area (Å²) in [4.78, 5) is 17.8. The van der Waals surface area contributed by atoms with Crippen LogP contribution in [0.4, 0.5) is 11.4 Å². The number of rotatable bonds is 10. The zero-order chi connectivity index (χ0) is 29.4. The van der Waals surface area contributed by atoms with E-state index < -0.39 is 8.07 Å². The number of carbonyl (C=O) groups excluding carboxylic acids is 1. The molecule has 42 heavy (non-hydrogen) atoms. The molecule has 3 aromatic heterocycles. The third-order valence-electron chi connectivity index (χ3n) is 7.90. The molecule has 2 aromatic carbocycles. The quantitative estimate of drug-likeness (QED) is 0.122. The van der Waals surface area contributed by atoms with Crippen molar-refractivity contribution < 1.29 is 9.53 Å². The maximum absolute atomic E-state index is 12.1. The summed E-state index contributed by atoms with van der Waals surface area (Å²) in [5.74, 6) is 6.37. The second-order valence-electron chi connectivity index (χ2n) is 12.2. The molecule has 4 heterocycles. The number of aromatic nitrogens is 3. The zero-order valence-corrected chi connectivity index (χ0v) is 26.6. The van der Waals surface area contributed by atoms with E-state index in [1.54, 1.807) is 23.1 Å². The van der Waals surface area contributed by atoms with Crippen LogP contribution in [-0.4, -0.2) is 55.3 Å². The third kappa shape index (κ3) is 5.76. The van der Waals surface area contributed by atoms with Crippen LogP contribution in [-0.2, 0) is 22.8 Å². The number of hydrogen-bond acceptors (Lipinski definition) is 7. The highest BCUT2D eigenvalue weighted by Crippen LogP contribution is 2.41. The highest BCUT2D eigenvalue weighted by molar-refractivity contribution is 7.22. The SMILES string of the molecule is CNC(=O)CCN1CN(c2cc(-c3cc4ccccc4s3)c3c(cnn3COCC[Si](C)(C)C)c2)Cc2c1ccn2N. The van der Waals surface area contributed by atoms with Crippen molar-refractivity contribution in [1.29, 1.82) is 0 Å². The van der Waals surface area contributed by atoms with E-state index in [1.807, 2.05) is 23.1 Å². The standard InChI is InChI=1S/C31H39N7O2SSi/c1-33-30(39)10-11-35-20-36(19-27-26(35)9-12-37(27)32)24-15-23-18-34-38(21-40-13-14-42(2,3)4)31(23)25(17-24)29-16-22-7-5-6-8-28(22)41-29/h5-9,12,15-18H,10-11,13-14,19-21,32H2,1-4H3,(H,33,39). The lowest BCUT2D eigenvalue weighted by Crippen LogP contribution is -2.44. The van der Waals surface area contributed by atoms with Gasteiger partial charge in [0, 0.05) is 67.1 Å². The average molecular weight is 602 g/mol. The van der Waals surface area contributed by atoms with Gasteiger partial charge in [-0.05, 0) is 41.8 Å². The van der Waals surface area contributed by atoms with Gasteiger partial charge in [0.1, 0.15) is 6.73 Å². The van der Waals surface area contributed by atoms with E-state index in [9.17, 15) is 4.79 Å². The van der Waals surface area contributed by atoms with Crippen LogP contribution < -0.4 is 21.0 Å². The Balaban J connectivity index is 1.39. The summed E-state index contributed by atoms with van der Waals surface area (Å²) in [5.41, 5.74) is 5.40. The first-order valence-corrected chi connectivity index (χ1v) is 18.9. The molecule has 0 aliphatic carbocycles. The van der Waals surface area contributed by atoms with Crippen LogP contribution in [0.3, 0.4) is 0 Å². The van der Waals surface area contributed by atoms with E-state index in [4.69, 9.17) is 15.7 Å². The summed E-state index contributed by atoms with van der Waals surface area (Å²) in [7, 11) is 0.493. The molecule has 0 unspecified atom stereocenters. The van der Waals surface area contributed by atoms with Gasteiger partial charge in [0.15, 0.2) is 0 Å². The lowest BCUT2D eigenvalue weighted by molar-refractivity contribution is -0.120. The lowest BCUT2D eigenvalue weighted by Gasteiger charge is -2.38. The van der Waals surface area contributed by atoms with Crippen LogP contribution >= 0.6 is 11.3 Å². The Hall–Kier alpha value is -3.80. The fraction of sp³-hybridized carbons (Fsp3) is 0.355. The molecule has 9 nitrogen and oxygen atoms in total. The van der Waals surface area contributed by atoms with Gasteiger partial charge in [-0.2, -0.15) is 5.10 Å². The second-order valence-corrected chi connectivity index (χ2v) is 18.9. The number of benzene rings is 2. The van der Waals surface area contributed by atoms with Gasteiger partial charge in [0.25, 0.3) is 0 Å². The molecule has 0 fully saturated rings. The monoisotopic (exact) mass is 601 g/mol. The molecule has 0 bridgehead atoms. The molecule has 1 aliphatic rings. The van der Waals surface area contributed by atoms with Crippen molar-refractivity contribution >= 4 is 57.7 Å². The molecular formula is C31H39N7O2SSi. The molecule has 5 aromatic rings. The summed E-state index contributed by atoms with van der Waals surface area (Å²) >= 11 is 1.80. The molecule has 11 heteroatoms. The predicted octanol–water partition coefficient (Wildman–Crippen LogP) is 5.67. The van der Waals surface area contributed by atoms with E-state index in [1.165, 1.54) is 15.0 Å². The molecule has 6 rings (SSSR count). The number of fused-ring (bicyclic) bond motifs is 3. The minimum Gasteiger partial charge on any atom is -0.360 e. The lowest BCUT2D eigenvalue weighted by atomic mass is 10.1. The van der Waals surface area contributed by atoms with E-state index in [2.05, 4.69) is 77.2 Å². The van der Waals surface area contributed by atoms with Crippen molar-refractivity contribution in [3.8, 4) is 10.4 Å². The molecule has 1 amide bonds. The number of thiophene rings is 1. The number of amides is 1. The molecule has 1 aliphatic heterocycles. The van der Waals surface area contributed by atoms with Crippen molar-refractivity contribution in [2.45, 2.75) is 45.4 Å². The second kappa shape index (κ2) is 11.5. The Labute approximate surface area is 251 Å². The summed E-state index contributed by atoms with van der Waals surface area (Å²) in [6.45, 7) is 10.2. The van der Waals surface area contributed by atoms with Crippen LogP contribution in [0.2, 0.25) is 25.7 Å². The average Bonchev–Trinajstić information content (AvgIpc) is 3.69. The van der Waals surface area contributed by atoms with E-state index in [-0.39, 0.29) is 5.91 Å². The number of ether oxygens (including phenoxy) is 1. The minimum atomic E-state index is -1.18. The van der Waals surface area contributed by atoms with Crippen molar-refractivity contribution in [1.82, 2.24) is 19.8 Å². The Morgan fingerprint density at radius 1 is 1.14 bits per heavy atom. The Bertz CT molecular complexity index is 1700. The molecule has 0 saturated heterocycles. The maximum Gasteiger partial charge on any atom is 0.221 e. The summed E-state index contributed by atoms with van der Waals surface area (Å²) in [6.07, 6.45) is 4.25. The molecule has 3 N–H and O–H groups in total. The predicted molar refractivity (Wildman–Crippen MR) is 176 cm³/mol. The Morgan fingerprint density at radius 3 is 2.76 bits per heavy atom. The number of nitrogens with zero attached hydrogens (tertiary/aromatic N) is 5. The van der Waals surface area contributed by atoms with Crippen molar-refractivity contribution in [2.75, 3.05) is 42.5 Å². The van der Waals surface area contributed by atoms with Crippen LogP contribution in [0.1, 0.15) is 12.1 Å². The number of nitrogen functional groups attached to an aromatic ring is 1. The van der Waals surface area contributed by atoms with Gasteiger partial charge in [-0.1, -0.05) is 37.8 Å². The van der Waals surface area contributed by atoms with Gasteiger partial charge < -0.3 is 25.7 Å². The van der Waals surface area contributed by atoms with Gasteiger partial charge in [0.2, 0.25) is 5.91 Å². The van der Waals surface area contributed by atoms with Gasteiger partial charge in [0.05, 0.1) is 36.3 Å². The first-order valence-electron chi connectivity index (χ1n) is 14.4. The highest BCUT2D eigenvalue weighted by atomic mass is 32.1. The molecule has 0 spiro atoms. The third-order valence-corrected chi connectivity index (χ3v) is 10.7. The van der Waals surface area contributed by atoms with Gasteiger partial charge >= 0.3 is 0 Å². The Morgan fingerprint density at radius 2 is 1.98 bits per heavy atom. The van der Waals surface area contributed by atoms with E-state index in [0.29, 0.717) is 32.9 Å². The molecule has 0 atom stereocenters. The van der Waals surface area contributed by atoms with Crippen LogP contribution in [0, 0.1) is 0 Å². The Kier molecular flexibility index (Phi) is 7.73. The largest absolute Gasteiger partial charge is 0.360 e. The summed E-state index contributed by atoms with van der Waals surface area (Å²) in [5, 5.41) is 9.82. The molecule has 0 saturated carbocycles. The van der Waals surface area contributed by atoms with Gasteiger partial charge in [-0.15, -0.1) is 11.3 Å². The van der Waals surface area contributed by atoms with Crippen LogP contribution in [0.5, 0.6) is 0 Å². The number of carbonyl (C=O) groups is 1. The van der Waals surface area contributed by atoms with Gasteiger partial charge in [-0.25, -0.2) is 4.68 Å². The van der Waals surface area contributed by atoms with Gasteiger partial charge in [-0.3, -0.25) is 9.47 Å². The minimum absolute atomic E-state index is 0.0220. The summed E-state index contributed by atoms with van der Waals surface area (Å²) in [6, 6.07) is 18.4. The highest BCUT2D eigenvalue weighted by Gasteiger charge is 2.27. The number of nitrogens with two attached hydrogens (primary N) is 1. The number of nitrogens with one attached hydrogen (secondary N) is 1. The van der Waals surface area contributed by atoms with Crippen molar-refractivity contribution in [2.24, 2.45) is 0 Å². The maximum atomic E-state index is 12.1. The van der Waals surface area contributed by atoms with E-state index >= 15 is 0 Å². The van der Waals surface area contributed by atoms with E-state index in [0.717, 1.165) is 46.2 Å². The zero-order valence-electron chi connectivity index (χ0n) is 24.8. The fourth-order valence-electron chi connectivity index (χ4n) is 5.49. The van der Waals surface area contributed by atoms with Crippen molar-refractivity contribution in [3.05, 3.63) is 66.6 Å².